The van der Waals surface area contributed by atoms with E-state index in [1.54, 1.807) is 19.1 Å². The summed E-state index contributed by atoms with van der Waals surface area (Å²) in [6.07, 6.45) is 4.56. The van der Waals surface area contributed by atoms with Gasteiger partial charge in [-0.3, -0.25) is 10.1 Å². The number of hydrogen-bond acceptors (Lipinski definition) is 6. The summed E-state index contributed by atoms with van der Waals surface area (Å²) in [5, 5.41) is 15.6. The predicted octanol–water partition coefficient (Wildman–Crippen LogP) is 4.14. The van der Waals surface area contributed by atoms with Crippen LogP contribution in [0.1, 0.15) is 39.9 Å². The second-order valence-corrected chi connectivity index (χ2v) is 6.27. The van der Waals surface area contributed by atoms with E-state index in [4.69, 9.17) is 4.74 Å². The van der Waals surface area contributed by atoms with Crippen molar-refractivity contribution in [3.63, 3.8) is 0 Å². The van der Waals surface area contributed by atoms with E-state index in [9.17, 15) is 14.9 Å². The topological polar surface area (TPSA) is 100 Å². The Balaban J connectivity index is 2.01. The summed E-state index contributed by atoms with van der Waals surface area (Å²) in [5.41, 5.74) is 3.61. The lowest BCUT2D eigenvalue weighted by atomic mass is 10.1. The second kappa shape index (κ2) is 8.47. The van der Waals surface area contributed by atoms with Crippen LogP contribution in [-0.4, -0.2) is 32.3 Å². The van der Waals surface area contributed by atoms with Gasteiger partial charge in [-0.25, -0.2) is 14.5 Å². The Bertz CT molecular complexity index is 1090. The summed E-state index contributed by atoms with van der Waals surface area (Å²) in [4.78, 5) is 26.8. The van der Waals surface area contributed by atoms with Crippen molar-refractivity contribution in [2.24, 2.45) is 0 Å². The number of para-hydroxylation sites is 1. The zero-order valence-corrected chi connectivity index (χ0v) is 16.3. The Labute approximate surface area is 167 Å². The highest BCUT2D eigenvalue weighted by atomic mass is 16.6. The number of pyridine rings is 1. The minimum absolute atomic E-state index is 0.0445. The number of rotatable bonds is 6. The number of nitro groups is 1. The number of esters is 1. The Morgan fingerprint density at radius 3 is 2.62 bits per heavy atom. The third-order valence-corrected chi connectivity index (χ3v) is 4.37. The maximum Gasteiger partial charge on any atom is 0.340 e. The van der Waals surface area contributed by atoms with Gasteiger partial charge in [0.15, 0.2) is 0 Å². The molecule has 3 rings (SSSR count). The van der Waals surface area contributed by atoms with E-state index in [1.807, 2.05) is 48.9 Å². The lowest BCUT2D eigenvalue weighted by Crippen LogP contribution is -2.08. The van der Waals surface area contributed by atoms with E-state index >= 15 is 0 Å². The molecule has 2 aromatic heterocycles. The Kier molecular flexibility index (Phi) is 5.82. The maximum atomic E-state index is 12.2. The van der Waals surface area contributed by atoms with Crippen molar-refractivity contribution >= 4 is 23.8 Å². The first kappa shape index (κ1) is 19.9. The summed E-state index contributed by atoms with van der Waals surface area (Å²) in [6, 6.07) is 10.9. The molecule has 0 aliphatic carbocycles. The molecule has 2 heterocycles. The molecule has 148 valence electrons. The van der Waals surface area contributed by atoms with Gasteiger partial charge in [0.25, 0.3) is 5.69 Å². The lowest BCUT2D eigenvalue weighted by Gasteiger charge is -2.05. The molecule has 3 aromatic rings. The average molecular weight is 392 g/mol. The molecule has 0 aliphatic rings. The van der Waals surface area contributed by atoms with Crippen LogP contribution in [0.2, 0.25) is 0 Å². The fraction of sp³-hybridized carbons (Fsp3) is 0.190. The molecule has 1 aromatic carbocycles. The number of aromatic nitrogens is 3. The lowest BCUT2D eigenvalue weighted by molar-refractivity contribution is -0.385. The van der Waals surface area contributed by atoms with Crippen molar-refractivity contribution < 1.29 is 14.5 Å². The largest absolute Gasteiger partial charge is 0.462 e. The SMILES string of the molecule is CCOC(=O)c1cc([N+](=O)[O-])cnc1/C=C/c1c(C)nn(-c2ccccc2)c1C. The molecular weight excluding hydrogens is 372 g/mol. The molecule has 0 atom stereocenters. The number of ether oxygens (including phenoxy) is 1. The fourth-order valence-electron chi connectivity index (χ4n) is 2.95. The van der Waals surface area contributed by atoms with E-state index in [0.29, 0.717) is 5.69 Å². The highest BCUT2D eigenvalue weighted by molar-refractivity contribution is 5.94. The first-order valence-corrected chi connectivity index (χ1v) is 9.03. The molecule has 29 heavy (non-hydrogen) atoms. The summed E-state index contributed by atoms with van der Waals surface area (Å²) in [5.74, 6) is -0.656. The zero-order chi connectivity index (χ0) is 21.0. The Morgan fingerprint density at radius 2 is 1.97 bits per heavy atom. The highest BCUT2D eigenvalue weighted by Crippen LogP contribution is 2.22. The molecule has 8 heteroatoms. The molecule has 0 unspecified atom stereocenters. The number of carbonyl (C=O) groups excluding carboxylic acids is 1. The number of benzene rings is 1. The van der Waals surface area contributed by atoms with Crippen LogP contribution in [0.25, 0.3) is 17.8 Å². The standard InChI is InChI=1S/C21H20N4O4/c1-4-29-21(26)19-12-17(25(27)28)13-22-20(19)11-10-18-14(2)23-24(15(18)3)16-8-6-5-7-9-16/h5-13H,4H2,1-3H3/b11-10+. The summed E-state index contributed by atoms with van der Waals surface area (Å²) < 4.78 is 6.85. The van der Waals surface area contributed by atoms with Crippen LogP contribution in [-0.2, 0) is 4.74 Å². The highest BCUT2D eigenvalue weighted by Gasteiger charge is 2.18. The van der Waals surface area contributed by atoms with Crippen molar-refractivity contribution in [3.8, 4) is 5.69 Å². The molecule has 0 spiro atoms. The predicted molar refractivity (Wildman–Crippen MR) is 109 cm³/mol. The van der Waals surface area contributed by atoms with Crippen LogP contribution in [0, 0.1) is 24.0 Å². The molecule has 0 aliphatic heterocycles. The smallest absolute Gasteiger partial charge is 0.340 e. The van der Waals surface area contributed by atoms with Crippen LogP contribution < -0.4 is 0 Å². The molecule has 0 fully saturated rings. The number of nitrogens with zero attached hydrogens (tertiary/aromatic N) is 4. The summed E-state index contributed by atoms with van der Waals surface area (Å²) in [6.45, 7) is 5.67. The number of hydrogen-bond donors (Lipinski definition) is 0. The van der Waals surface area contributed by atoms with Gasteiger partial charge in [0.2, 0.25) is 0 Å². The van der Waals surface area contributed by atoms with Crippen LogP contribution in [0.15, 0.2) is 42.6 Å². The third kappa shape index (κ3) is 4.21. The van der Waals surface area contributed by atoms with Crippen LogP contribution in [0.4, 0.5) is 5.69 Å². The van der Waals surface area contributed by atoms with Crippen molar-refractivity contribution in [1.29, 1.82) is 0 Å². The van der Waals surface area contributed by atoms with Crippen LogP contribution >= 0.6 is 0 Å². The molecule has 0 amide bonds. The van der Waals surface area contributed by atoms with Gasteiger partial charge in [-0.1, -0.05) is 18.2 Å². The minimum Gasteiger partial charge on any atom is -0.462 e. The van der Waals surface area contributed by atoms with Crippen LogP contribution in [0.5, 0.6) is 0 Å². The van der Waals surface area contributed by atoms with Gasteiger partial charge in [-0.15, -0.1) is 0 Å². The van der Waals surface area contributed by atoms with Gasteiger partial charge in [0.1, 0.15) is 6.20 Å². The first-order valence-electron chi connectivity index (χ1n) is 9.03. The van der Waals surface area contributed by atoms with Gasteiger partial charge in [0.05, 0.1) is 34.2 Å². The molecule has 8 nitrogen and oxygen atoms in total. The van der Waals surface area contributed by atoms with Gasteiger partial charge in [0, 0.05) is 17.3 Å². The third-order valence-electron chi connectivity index (χ3n) is 4.37. The van der Waals surface area contributed by atoms with Crippen molar-refractivity contribution in [2.75, 3.05) is 6.61 Å². The average Bonchev–Trinajstić information content (AvgIpc) is 3.00. The Hall–Kier alpha value is -3.81. The van der Waals surface area contributed by atoms with Crippen molar-refractivity contribution in [3.05, 3.63) is 80.9 Å². The van der Waals surface area contributed by atoms with E-state index in [0.717, 1.165) is 28.8 Å². The fourth-order valence-corrected chi connectivity index (χ4v) is 2.95. The molecule has 0 radical (unpaired) electrons. The first-order chi connectivity index (χ1) is 13.9. The van der Waals surface area contributed by atoms with E-state index in [-0.39, 0.29) is 17.9 Å². The minimum atomic E-state index is -0.656. The number of aryl methyl sites for hydroxylation is 1. The van der Waals surface area contributed by atoms with Crippen molar-refractivity contribution in [2.45, 2.75) is 20.8 Å². The van der Waals surface area contributed by atoms with Crippen LogP contribution in [0.3, 0.4) is 0 Å². The Morgan fingerprint density at radius 1 is 1.24 bits per heavy atom. The van der Waals surface area contributed by atoms with E-state index < -0.39 is 10.9 Å². The molecule has 0 N–H and O–H groups in total. The maximum absolute atomic E-state index is 12.2. The molecule has 0 saturated carbocycles. The van der Waals surface area contributed by atoms with E-state index in [1.165, 1.54) is 6.07 Å². The van der Waals surface area contributed by atoms with Gasteiger partial charge in [-0.05, 0) is 45.1 Å². The van der Waals surface area contributed by atoms with Gasteiger partial charge < -0.3 is 4.74 Å². The molecule has 0 bridgehead atoms. The van der Waals surface area contributed by atoms with Gasteiger partial charge in [-0.2, -0.15) is 5.10 Å². The number of carbonyl (C=O) groups is 1. The van der Waals surface area contributed by atoms with E-state index in [2.05, 4.69) is 10.1 Å². The monoisotopic (exact) mass is 392 g/mol. The normalized spacial score (nSPS) is 11.0. The van der Waals surface area contributed by atoms with Gasteiger partial charge >= 0.3 is 5.97 Å². The van der Waals surface area contributed by atoms with Crippen molar-refractivity contribution in [1.82, 2.24) is 14.8 Å². The second-order valence-electron chi connectivity index (χ2n) is 6.27. The molecule has 0 saturated heterocycles. The molecular formula is C21H20N4O4. The summed E-state index contributed by atoms with van der Waals surface area (Å²) >= 11 is 0. The quantitative estimate of drug-likeness (QED) is 0.355. The zero-order valence-electron chi connectivity index (χ0n) is 16.3. The summed E-state index contributed by atoms with van der Waals surface area (Å²) in [7, 11) is 0.